The molecule has 7 nitrogen and oxygen atoms in total. The van der Waals surface area contributed by atoms with Gasteiger partial charge in [-0.1, -0.05) is 30.0 Å². The summed E-state index contributed by atoms with van der Waals surface area (Å²) in [6, 6.07) is 6.68. The number of aliphatic carboxylic acids is 1. The molecule has 31 heavy (non-hydrogen) atoms. The number of thioether (sulfide) groups is 1. The molecule has 4 rings (SSSR count). The molecular formula is C22H22N4O3S2. The molecule has 0 radical (unpaired) electrons. The van der Waals surface area contributed by atoms with Crippen molar-refractivity contribution in [3.05, 3.63) is 52.3 Å². The number of aryl methyl sites for hydroxylation is 3. The Morgan fingerprint density at radius 1 is 1.23 bits per heavy atom. The summed E-state index contributed by atoms with van der Waals surface area (Å²) in [5.74, 6) is -0.670. The summed E-state index contributed by atoms with van der Waals surface area (Å²) in [4.78, 5) is 38.6. The maximum Gasteiger partial charge on any atom is 0.326 e. The van der Waals surface area contributed by atoms with Crippen molar-refractivity contribution in [3.63, 3.8) is 0 Å². The number of aromatic nitrogens is 3. The van der Waals surface area contributed by atoms with E-state index in [0.717, 1.165) is 37.3 Å². The van der Waals surface area contributed by atoms with Crippen molar-refractivity contribution >= 4 is 56.1 Å². The van der Waals surface area contributed by atoms with Gasteiger partial charge in [0.25, 0.3) is 0 Å². The normalized spacial score (nSPS) is 12.4. The first-order valence-electron chi connectivity index (χ1n) is 9.77. The van der Waals surface area contributed by atoms with Gasteiger partial charge in [-0.25, -0.2) is 14.8 Å². The van der Waals surface area contributed by atoms with Gasteiger partial charge in [0.2, 0.25) is 5.91 Å². The van der Waals surface area contributed by atoms with Crippen molar-refractivity contribution in [2.24, 2.45) is 0 Å². The Hall–Kier alpha value is -2.91. The highest BCUT2D eigenvalue weighted by atomic mass is 32.2. The summed E-state index contributed by atoms with van der Waals surface area (Å²) in [5, 5.41) is 15.0. The maximum absolute atomic E-state index is 12.6. The zero-order valence-electron chi connectivity index (χ0n) is 17.4. The molecule has 1 unspecified atom stereocenters. The van der Waals surface area contributed by atoms with E-state index in [9.17, 15) is 14.7 Å². The molecule has 3 heterocycles. The zero-order valence-corrected chi connectivity index (χ0v) is 19.0. The quantitative estimate of drug-likeness (QED) is 0.288. The van der Waals surface area contributed by atoms with Crippen LogP contribution in [0.15, 0.2) is 35.5 Å². The number of amides is 1. The second kappa shape index (κ2) is 8.68. The number of para-hydroxylation sites is 1. The largest absolute Gasteiger partial charge is 0.480 e. The highest BCUT2D eigenvalue weighted by Crippen LogP contribution is 2.35. The van der Waals surface area contributed by atoms with E-state index in [4.69, 9.17) is 0 Å². The van der Waals surface area contributed by atoms with Gasteiger partial charge in [-0.3, -0.25) is 4.79 Å². The monoisotopic (exact) mass is 454 g/mol. The van der Waals surface area contributed by atoms with Crippen LogP contribution in [0.25, 0.3) is 21.1 Å². The van der Waals surface area contributed by atoms with Crippen molar-refractivity contribution in [1.29, 1.82) is 0 Å². The Bertz CT molecular complexity index is 1290. The van der Waals surface area contributed by atoms with Crippen LogP contribution in [0.4, 0.5) is 0 Å². The SMILES string of the molecule is Cc1nc(SCC(=O)NC(Cc2c[nH]c3ccccc23)C(=O)O)c2c(C)c(C)sc2n1. The molecular weight excluding hydrogens is 432 g/mol. The lowest BCUT2D eigenvalue weighted by Crippen LogP contribution is -2.43. The van der Waals surface area contributed by atoms with E-state index in [1.807, 2.05) is 45.0 Å². The number of nitrogens with one attached hydrogen (secondary N) is 2. The number of carboxylic acid groups (broad SMARTS) is 1. The Morgan fingerprint density at radius 2 is 2.00 bits per heavy atom. The van der Waals surface area contributed by atoms with Crippen LogP contribution in [0, 0.1) is 20.8 Å². The Kier molecular flexibility index (Phi) is 5.97. The lowest BCUT2D eigenvalue weighted by atomic mass is 10.1. The summed E-state index contributed by atoms with van der Waals surface area (Å²) in [6.45, 7) is 5.90. The molecule has 0 fully saturated rings. The number of thiophene rings is 1. The molecule has 0 saturated heterocycles. The van der Waals surface area contributed by atoms with Gasteiger partial charge >= 0.3 is 5.97 Å². The number of aromatic amines is 1. The molecule has 0 aliphatic heterocycles. The lowest BCUT2D eigenvalue weighted by molar-refractivity contribution is -0.141. The zero-order chi connectivity index (χ0) is 22.1. The van der Waals surface area contributed by atoms with E-state index in [1.165, 1.54) is 16.6 Å². The molecule has 160 valence electrons. The second-order valence-electron chi connectivity index (χ2n) is 7.35. The van der Waals surface area contributed by atoms with Crippen molar-refractivity contribution < 1.29 is 14.7 Å². The summed E-state index contributed by atoms with van der Waals surface area (Å²) >= 11 is 2.92. The van der Waals surface area contributed by atoms with Crippen LogP contribution >= 0.6 is 23.1 Å². The van der Waals surface area contributed by atoms with Crippen LogP contribution in [-0.4, -0.2) is 43.7 Å². The van der Waals surface area contributed by atoms with Gasteiger partial charge in [0, 0.05) is 33.8 Å². The van der Waals surface area contributed by atoms with E-state index in [-0.39, 0.29) is 18.1 Å². The minimum atomic E-state index is -1.06. The Labute approximate surface area is 187 Å². The fourth-order valence-corrected chi connectivity index (χ4v) is 5.59. The van der Waals surface area contributed by atoms with E-state index in [1.54, 1.807) is 17.5 Å². The average Bonchev–Trinajstić information content (AvgIpc) is 3.26. The summed E-state index contributed by atoms with van der Waals surface area (Å²) in [5.41, 5.74) is 2.91. The van der Waals surface area contributed by atoms with Gasteiger partial charge in [-0.15, -0.1) is 11.3 Å². The smallest absolute Gasteiger partial charge is 0.326 e. The number of carbonyl (C=O) groups is 2. The number of nitrogens with zero attached hydrogens (tertiary/aromatic N) is 2. The third-order valence-corrected chi connectivity index (χ3v) is 7.26. The van der Waals surface area contributed by atoms with Gasteiger partial charge in [0.15, 0.2) is 0 Å². The van der Waals surface area contributed by atoms with Gasteiger partial charge in [-0.2, -0.15) is 0 Å². The predicted octanol–water partition coefficient (Wildman–Crippen LogP) is 4.00. The van der Waals surface area contributed by atoms with Crippen LogP contribution < -0.4 is 5.32 Å². The molecule has 1 aromatic carbocycles. The number of carboxylic acids is 1. The summed E-state index contributed by atoms with van der Waals surface area (Å²) in [7, 11) is 0. The third kappa shape index (κ3) is 4.42. The minimum absolute atomic E-state index is 0.0809. The van der Waals surface area contributed by atoms with Gasteiger partial charge in [0.05, 0.1) is 5.75 Å². The van der Waals surface area contributed by atoms with Crippen molar-refractivity contribution in [3.8, 4) is 0 Å². The van der Waals surface area contributed by atoms with Crippen molar-refractivity contribution in [2.45, 2.75) is 38.3 Å². The number of hydrogen-bond donors (Lipinski definition) is 3. The van der Waals surface area contributed by atoms with Crippen LogP contribution in [0.1, 0.15) is 21.8 Å². The molecule has 3 N–H and O–H groups in total. The molecule has 0 aliphatic rings. The fraction of sp³-hybridized carbons (Fsp3) is 0.273. The molecule has 1 amide bonds. The molecule has 0 spiro atoms. The molecule has 3 aromatic heterocycles. The van der Waals surface area contributed by atoms with Crippen molar-refractivity contribution in [1.82, 2.24) is 20.3 Å². The Balaban J connectivity index is 1.47. The number of hydrogen-bond acceptors (Lipinski definition) is 6. The van der Waals surface area contributed by atoms with E-state index in [0.29, 0.717) is 5.82 Å². The van der Waals surface area contributed by atoms with E-state index < -0.39 is 12.0 Å². The Morgan fingerprint density at radius 3 is 2.77 bits per heavy atom. The summed E-state index contributed by atoms with van der Waals surface area (Å²) in [6.07, 6.45) is 2.00. The van der Waals surface area contributed by atoms with Gasteiger partial charge in [0.1, 0.15) is 21.7 Å². The molecule has 4 aromatic rings. The van der Waals surface area contributed by atoms with Crippen LogP contribution in [0.3, 0.4) is 0 Å². The molecule has 0 aliphatic carbocycles. The number of benzene rings is 1. The number of rotatable bonds is 7. The molecule has 0 bridgehead atoms. The first-order chi connectivity index (χ1) is 14.8. The predicted molar refractivity (Wildman–Crippen MR) is 124 cm³/mol. The third-order valence-electron chi connectivity index (χ3n) is 5.18. The summed E-state index contributed by atoms with van der Waals surface area (Å²) < 4.78 is 0. The number of fused-ring (bicyclic) bond motifs is 2. The van der Waals surface area contributed by atoms with Gasteiger partial charge < -0.3 is 15.4 Å². The van der Waals surface area contributed by atoms with Crippen molar-refractivity contribution in [2.75, 3.05) is 5.75 Å². The first kappa shape index (κ1) is 21.3. The lowest BCUT2D eigenvalue weighted by Gasteiger charge is -2.14. The molecule has 1 atom stereocenters. The topological polar surface area (TPSA) is 108 Å². The van der Waals surface area contributed by atoms with E-state index >= 15 is 0 Å². The van der Waals surface area contributed by atoms with E-state index in [2.05, 4.69) is 20.3 Å². The van der Waals surface area contributed by atoms with Crippen LogP contribution in [0.2, 0.25) is 0 Å². The molecule has 0 saturated carbocycles. The minimum Gasteiger partial charge on any atom is -0.480 e. The highest BCUT2D eigenvalue weighted by molar-refractivity contribution is 8.00. The second-order valence-corrected chi connectivity index (χ2v) is 9.52. The number of carbonyl (C=O) groups excluding carboxylic acids is 1. The van der Waals surface area contributed by atoms with Crippen LogP contribution in [-0.2, 0) is 16.0 Å². The molecule has 9 heteroatoms. The van der Waals surface area contributed by atoms with Gasteiger partial charge in [-0.05, 0) is 38.0 Å². The van der Waals surface area contributed by atoms with Crippen LogP contribution in [0.5, 0.6) is 0 Å². The fourth-order valence-electron chi connectivity index (χ4n) is 3.51. The standard InChI is InChI=1S/C22H22N4O3S2/c1-11-12(2)31-21-19(11)20(24-13(3)25-21)30-10-18(27)26-17(22(28)29)8-14-9-23-16-7-5-4-6-15(14)16/h4-7,9,17,23H,8,10H2,1-3H3,(H,26,27)(H,28,29). The highest BCUT2D eigenvalue weighted by Gasteiger charge is 2.22. The first-order valence-corrected chi connectivity index (χ1v) is 11.6. The average molecular weight is 455 g/mol. The number of H-pyrrole nitrogens is 1. The maximum atomic E-state index is 12.6.